The first kappa shape index (κ1) is 19.0. The molecule has 1 fully saturated rings. The van der Waals surface area contributed by atoms with Gasteiger partial charge in [-0.2, -0.15) is 0 Å². The molecular weight excluding hydrogens is 334 g/mol. The second-order valence-corrected chi connectivity index (χ2v) is 7.13. The molecule has 1 N–H and O–H groups in total. The molecule has 1 atom stereocenters. The van der Waals surface area contributed by atoms with Crippen molar-refractivity contribution in [3.05, 3.63) is 70.8 Å². The molecular formula is C21H26F2N2O. The van der Waals surface area contributed by atoms with Crippen molar-refractivity contribution >= 4 is 0 Å². The number of piperazine rings is 1. The van der Waals surface area contributed by atoms with Crippen LogP contribution < -0.4 is 0 Å². The van der Waals surface area contributed by atoms with Gasteiger partial charge in [-0.3, -0.25) is 9.80 Å². The summed E-state index contributed by atoms with van der Waals surface area (Å²) in [7, 11) is 0. The van der Waals surface area contributed by atoms with Gasteiger partial charge in [-0.15, -0.1) is 0 Å². The van der Waals surface area contributed by atoms with Gasteiger partial charge < -0.3 is 5.11 Å². The molecule has 1 aliphatic heterocycles. The second kappa shape index (κ2) is 8.71. The number of aliphatic hydroxyl groups excluding tert-OH is 1. The van der Waals surface area contributed by atoms with Gasteiger partial charge in [-0.05, 0) is 36.6 Å². The van der Waals surface area contributed by atoms with E-state index in [0.29, 0.717) is 18.5 Å². The Labute approximate surface area is 153 Å². The predicted octanol–water partition coefficient (Wildman–Crippen LogP) is 3.34. The molecule has 0 aromatic heterocycles. The van der Waals surface area contributed by atoms with E-state index >= 15 is 0 Å². The highest BCUT2D eigenvalue weighted by atomic mass is 19.1. The third-order valence-electron chi connectivity index (χ3n) is 4.99. The number of nitrogens with zero attached hydrogens (tertiary/aromatic N) is 2. The van der Waals surface area contributed by atoms with E-state index in [0.717, 1.165) is 32.2 Å². The average Bonchev–Trinajstić information content (AvgIpc) is 2.58. The number of hydrogen-bond acceptors (Lipinski definition) is 3. The molecule has 0 bridgehead atoms. The van der Waals surface area contributed by atoms with E-state index in [1.807, 2.05) is 0 Å². The molecule has 0 spiro atoms. The Kier molecular flexibility index (Phi) is 6.35. The third-order valence-corrected chi connectivity index (χ3v) is 4.99. The number of benzene rings is 2. The SMILES string of the molecule is Cc1ccc(CN2CCN(Cc3cc(F)cc(F)c3)C[C@H]2CCO)cc1. The minimum absolute atomic E-state index is 0.136. The maximum atomic E-state index is 13.4. The average molecular weight is 360 g/mol. The minimum atomic E-state index is -0.537. The number of aryl methyl sites for hydroxylation is 1. The summed E-state index contributed by atoms with van der Waals surface area (Å²) in [6.07, 6.45) is 0.694. The van der Waals surface area contributed by atoms with E-state index in [1.165, 1.54) is 23.3 Å². The topological polar surface area (TPSA) is 26.7 Å². The van der Waals surface area contributed by atoms with Gasteiger partial charge in [-0.25, -0.2) is 8.78 Å². The minimum Gasteiger partial charge on any atom is -0.396 e. The lowest BCUT2D eigenvalue weighted by atomic mass is 10.1. The van der Waals surface area contributed by atoms with Crippen LogP contribution >= 0.6 is 0 Å². The van der Waals surface area contributed by atoms with Crippen LogP contribution in [0.5, 0.6) is 0 Å². The monoisotopic (exact) mass is 360 g/mol. The largest absolute Gasteiger partial charge is 0.396 e. The van der Waals surface area contributed by atoms with Crippen molar-refractivity contribution in [2.24, 2.45) is 0 Å². The highest BCUT2D eigenvalue weighted by Gasteiger charge is 2.26. The summed E-state index contributed by atoms with van der Waals surface area (Å²) >= 11 is 0. The molecule has 0 saturated carbocycles. The molecule has 1 heterocycles. The predicted molar refractivity (Wildman–Crippen MR) is 98.7 cm³/mol. The zero-order valence-corrected chi connectivity index (χ0v) is 15.2. The molecule has 5 heteroatoms. The fraction of sp³-hybridized carbons (Fsp3) is 0.429. The van der Waals surface area contributed by atoms with Crippen LogP contribution in [0.4, 0.5) is 8.78 Å². The van der Waals surface area contributed by atoms with Crippen molar-refractivity contribution in [1.29, 1.82) is 0 Å². The van der Waals surface area contributed by atoms with Gasteiger partial charge in [0.15, 0.2) is 0 Å². The van der Waals surface area contributed by atoms with Gasteiger partial charge >= 0.3 is 0 Å². The standard InChI is InChI=1S/C21H26F2N2O/c1-16-2-4-17(5-3-16)14-25-8-7-24(15-21(25)6-9-26)13-18-10-19(22)12-20(23)11-18/h2-5,10-12,21,26H,6-9,13-15H2,1H3/t21-/m1/s1. The molecule has 3 nitrogen and oxygen atoms in total. The Balaban J connectivity index is 1.64. The molecule has 1 aliphatic rings. The summed E-state index contributed by atoms with van der Waals surface area (Å²) in [5, 5.41) is 9.44. The lowest BCUT2D eigenvalue weighted by Crippen LogP contribution is -2.52. The normalized spacial score (nSPS) is 19.0. The summed E-state index contributed by atoms with van der Waals surface area (Å²) in [6, 6.07) is 12.4. The fourth-order valence-electron chi connectivity index (χ4n) is 3.62. The van der Waals surface area contributed by atoms with Crippen LogP contribution in [-0.2, 0) is 13.1 Å². The van der Waals surface area contributed by atoms with Gasteiger partial charge in [0.25, 0.3) is 0 Å². The maximum absolute atomic E-state index is 13.4. The Morgan fingerprint density at radius 2 is 1.65 bits per heavy atom. The summed E-state index contributed by atoms with van der Waals surface area (Å²) in [4.78, 5) is 4.60. The van der Waals surface area contributed by atoms with E-state index in [1.54, 1.807) is 0 Å². The molecule has 2 aromatic rings. The van der Waals surface area contributed by atoms with Crippen molar-refractivity contribution < 1.29 is 13.9 Å². The first-order chi connectivity index (χ1) is 12.5. The number of rotatable bonds is 6. The highest BCUT2D eigenvalue weighted by Crippen LogP contribution is 2.19. The van der Waals surface area contributed by atoms with Crippen LogP contribution in [0, 0.1) is 18.6 Å². The van der Waals surface area contributed by atoms with Crippen molar-refractivity contribution in [2.75, 3.05) is 26.2 Å². The van der Waals surface area contributed by atoms with Crippen LogP contribution in [-0.4, -0.2) is 47.2 Å². The Hall–Kier alpha value is -1.82. The lowest BCUT2D eigenvalue weighted by Gasteiger charge is -2.41. The number of aliphatic hydroxyl groups is 1. The van der Waals surface area contributed by atoms with Gasteiger partial charge in [0.2, 0.25) is 0 Å². The third kappa shape index (κ3) is 5.10. The molecule has 0 aliphatic carbocycles. The van der Waals surface area contributed by atoms with Crippen molar-refractivity contribution in [3.8, 4) is 0 Å². The van der Waals surface area contributed by atoms with E-state index in [2.05, 4.69) is 41.0 Å². The number of halogens is 2. The molecule has 0 unspecified atom stereocenters. The van der Waals surface area contributed by atoms with Crippen molar-refractivity contribution in [1.82, 2.24) is 9.80 Å². The van der Waals surface area contributed by atoms with E-state index in [4.69, 9.17) is 0 Å². The summed E-state index contributed by atoms with van der Waals surface area (Å²) in [5.41, 5.74) is 3.16. The highest BCUT2D eigenvalue weighted by molar-refractivity contribution is 5.21. The molecule has 1 saturated heterocycles. The zero-order chi connectivity index (χ0) is 18.5. The zero-order valence-electron chi connectivity index (χ0n) is 15.2. The van der Waals surface area contributed by atoms with Crippen LogP contribution in [0.25, 0.3) is 0 Å². The first-order valence-electron chi connectivity index (χ1n) is 9.11. The van der Waals surface area contributed by atoms with E-state index in [-0.39, 0.29) is 12.6 Å². The van der Waals surface area contributed by atoms with Crippen LogP contribution in [0.15, 0.2) is 42.5 Å². The fourth-order valence-corrected chi connectivity index (χ4v) is 3.62. The van der Waals surface area contributed by atoms with Gasteiger partial charge in [0.1, 0.15) is 11.6 Å². The van der Waals surface area contributed by atoms with Crippen molar-refractivity contribution in [3.63, 3.8) is 0 Å². The quantitative estimate of drug-likeness (QED) is 0.856. The van der Waals surface area contributed by atoms with Gasteiger partial charge in [0, 0.05) is 51.4 Å². The van der Waals surface area contributed by atoms with Crippen LogP contribution in [0.2, 0.25) is 0 Å². The molecule has 0 radical (unpaired) electrons. The van der Waals surface area contributed by atoms with Crippen molar-refractivity contribution in [2.45, 2.75) is 32.5 Å². The van der Waals surface area contributed by atoms with Gasteiger partial charge in [0.05, 0.1) is 0 Å². The lowest BCUT2D eigenvalue weighted by molar-refractivity contribution is 0.0499. The molecule has 3 rings (SSSR count). The first-order valence-corrected chi connectivity index (χ1v) is 9.11. The summed E-state index contributed by atoms with van der Waals surface area (Å²) in [5.74, 6) is -1.07. The Bertz CT molecular complexity index is 700. The molecule has 0 amide bonds. The Morgan fingerprint density at radius 3 is 2.31 bits per heavy atom. The van der Waals surface area contributed by atoms with E-state index < -0.39 is 11.6 Å². The molecule has 140 valence electrons. The summed E-state index contributed by atoms with van der Waals surface area (Å²) < 4.78 is 26.8. The molecule has 26 heavy (non-hydrogen) atoms. The maximum Gasteiger partial charge on any atom is 0.126 e. The summed E-state index contributed by atoms with van der Waals surface area (Å²) in [6.45, 7) is 6.08. The second-order valence-electron chi connectivity index (χ2n) is 7.13. The Morgan fingerprint density at radius 1 is 0.962 bits per heavy atom. The van der Waals surface area contributed by atoms with Crippen LogP contribution in [0.1, 0.15) is 23.1 Å². The van der Waals surface area contributed by atoms with Gasteiger partial charge in [-0.1, -0.05) is 29.8 Å². The number of hydrogen-bond donors (Lipinski definition) is 1. The van der Waals surface area contributed by atoms with E-state index in [9.17, 15) is 13.9 Å². The smallest absolute Gasteiger partial charge is 0.126 e. The van der Waals surface area contributed by atoms with Crippen LogP contribution in [0.3, 0.4) is 0 Å². The molecule has 2 aromatic carbocycles.